The highest BCUT2D eigenvalue weighted by Gasteiger charge is 2.20. The van der Waals surface area contributed by atoms with E-state index in [1.165, 1.54) is 5.39 Å². The Kier molecular flexibility index (Phi) is 2.94. The number of fused-ring (bicyclic) bond motifs is 1. The van der Waals surface area contributed by atoms with Crippen LogP contribution in [0.2, 0.25) is 0 Å². The zero-order chi connectivity index (χ0) is 11.7. The predicted octanol–water partition coefficient (Wildman–Crippen LogP) is 1.73. The first kappa shape index (κ1) is 11.1. The first-order valence-corrected chi connectivity index (χ1v) is 5.53. The Morgan fingerprint density at radius 2 is 2.00 bits per heavy atom. The van der Waals surface area contributed by atoms with Crippen LogP contribution in [0.15, 0.2) is 24.3 Å². The van der Waals surface area contributed by atoms with E-state index < -0.39 is 0 Å². The Labute approximate surface area is 95.4 Å². The lowest BCUT2D eigenvalue weighted by Gasteiger charge is -2.17. The number of benzene rings is 1. The number of aromatic nitrogens is 2. The molecule has 0 aliphatic heterocycles. The number of hydrogen-bond donors (Lipinski definition) is 2. The molecule has 0 radical (unpaired) electrons. The molecule has 0 bridgehead atoms. The second-order valence-electron chi connectivity index (χ2n) is 4.41. The first-order valence-electron chi connectivity index (χ1n) is 5.53. The standard InChI is InChI=1S/C12H18N4/c1-8(2)11(14-13)12-9-6-4-5-7-10(9)16(3)15-12/h4-8,11,14H,13H2,1-3H3. The molecule has 0 aliphatic rings. The van der Waals surface area contributed by atoms with Gasteiger partial charge in [0.2, 0.25) is 0 Å². The lowest BCUT2D eigenvalue weighted by Crippen LogP contribution is -2.32. The third-order valence-corrected chi connectivity index (χ3v) is 2.93. The molecule has 0 saturated carbocycles. The predicted molar refractivity (Wildman–Crippen MR) is 65.6 cm³/mol. The van der Waals surface area contributed by atoms with Gasteiger partial charge >= 0.3 is 0 Å². The number of aryl methyl sites for hydroxylation is 1. The molecule has 86 valence electrons. The third kappa shape index (κ3) is 1.70. The van der Waals surface area contributed by atoms with Gasteiger partial charge in [-0.3, -0.25) is 16.0 Å². The fraction of sp³-hybridized carbons (Fsp3) is 0.417. The van der Waals surface area contributed by atoms with E-state index in [2.05, 4.69) is 36.5 Å². The Morgan fingerprint density at radius 1 is 1.31 bits per heavy atom. The second-order valence-corrected chi connectivity index (χ2v) is 4.41. The van der Waals surface area contributed by atoms with Crippen molar-refractivity contribution in [1.82, 2.24) is 15.2 Å². The zero-order valence-corrected chi connectivity index (χ0v) is 9.94. The van der Waals surface area contributed by atoms with E-state index in [4.69, 9.17) is 5.84 Å². The van der Waals surface area contributed by atoms with Gasteiger partial charge in [-0.05, 0) is 12.0 Å². The van der Waals surface area contributed by atoms with Crippen LogP contribution in [0.25, 0.3) is 10.9 Å². The maximum atomic E-state index is 5.61. The van der Waals surface area contributed by atoms with Crippen LogP contribution in [0, 0.1) is 5.92 Å². The van der Waals surface area contributed by atoms with Gasteiger partial charge in [0.15, 0.2) is 0 Å². The van der Waals surface area contributed by atoms with Crippen molar-refractivity contribution in [3.63, 3.8) is 0 Å². The molecule has 1 unspecified atom stereocenters. The van der Waals surface area contributed by atoms with Crippen molar-refractivity contribution in [2.75, 3.05) is 0 Å². The SMILES string of the molecule is CC(C)C(NN)c1nn(C)c2ccccc12. The average molecular weight is 218 g/mol. The van der Waals surface area contributed by atoms with Gasteiger partial charge in [0, 0.05) is 12.4 Å². The molecule has 0 spiro atoms. The van der Waals surface area contributed by atoms with E-state index in [9.17, 15) is 0 Å². The summed E-state index contributed by atoms with van der Waals surface area (Å²) < 4.78 is 1.90. The van der Waals surface area contributed by atoms with Crippen molar-refractivity contribution in [1.29, 1.82) is 0 Å². The maximum Gasteiger partial charge on any atom is 0.0888 e. The van der Waals surface area contributed by atoms with Crippen LogP contribution in [0.5, 0.6) is 0 Å². The Bertz CT molecular complexity index is 487. The highest BCUT2D eigenvalue weighted by molar-refractivity contribution is 5.82. The molecule has 0 saturated heterocycles. The number of nitrogens with one attached hydrogen (secondary N) is 1. The van der Waals surface area contributed by atoms with E-state index in [1.807, 2.05) is 23.9 Å². The molecule has 3 N–H and O–H groups in total. The largest absolute Gasteiger partial charge is 0.271 e. The molecule has 1 atom stereocenters. The minimum absolute atomic E-state index is 0.0890. The summed E-state index contributed by atoms with van der Waals surface area (Å²) in [4.78, 5) is 0. The molecule has 16 heavy (non-hydrogen) atoms. The molecule has 1 aromatic heterocycles. The van der Waals surface area contributed by atoms with Crippen LogP contribution < -0.4 is 11.3 Å². The molecule has 2 rings (SSSR count). The summed E-state index contributed by atoms with van der Waals surface area (Å²) >= 11 is 0. The maximum absolute atomic E-state index is 5.61. The number of para-hydroxylation sites is 1. The van der Waals surface area contributed by atoms with Crippen LogP contribution in [0.4, 0.5) is 0 Å². The van der Waals surface area contributed by atoms with Crippen LogP contribution in [-0.2, 0) is 7.05 Å². The molecule has 1 heterocycles. The second kappa shape index (κ2) is 4.23. The van der Waals surface area contributed by atoms with E-state index in [0.717, 1.165) is 11.2 Å². The summed E-state index contributed by atoms with van der Waals surface area (Å²) in [5.74, 6) is 6.01. The summed E-state index contributed by atoms with van der Waals surface area (Å²) in [5, 5.41) is 5.72. The summed E-state index contributed by atoms with van der Waals surface area (Å²) in [7, 11) is 1.96. The van der Waals surface area contributed by atoms with Crippen molar-refractivity contribution >= 4 is 10.9 Å². The van der Waals surface area contributed by atoms with Crippen LogP contribution >= 0.6 is 0 Å². The molecule has 2 aromatic rings. The molecule has 0 fully saturated rings. The van der Waals surface area contributed by atoms with Crippen molar-refractivity contribution in [3.8, 4) is 0 Å². The Morgan fingerprint density at radius 3 is 2.62 bits per heavy atom. The minimum atomic E-state index is 0.0890. The van der Waals surface area contributed by atoms with E-state index >= 15 is 0 Å². The first-order chi connectivity index (χ1) is 7.65. The molecular formula is C12H18N4. The number of nitrogens with zero attached hydrogens (tertiary/aromatic N) is 2. The van der Waals surface area contributed by atoms with Gasteiger partial charge in [-0.2, -0.15) is 5.10 Å². The van der Waals surface area contributed by atoms with Gasteiger partial charge < -0.3 is 0 Å². The van der Waals surface area contributed by atoms with Crippen LogP contribution in [0.1, 0.15) is 25.6 Å². The topological polar surface area (TPSA) is 55.9 Å². The molecular weight excluding hydrogens is 200 g/mol. The van der Waals surface area contributed by atoms with Gasteiger partial charge in [0.25, 0.3) is 0 Å². The summed E-state index contributed by atoms with van der Waals surface area (Å²) in [6.45, 7) is 4.27. The van der Waals surface area contributed by atoms with E-state index in [0.29, 0.717) is 5.92 Å². The molecule has 4 nitrogen and oxygen atoms in total. The number of rotatable bonds is 3. The van der Waals surface area contributed by atoms with Gasteiger partial charge in [-0.1, -0.05) is 32.0 Å². The van der Waals surface area contributed by atoms with Crippen molar-refractivity contribution in [2.45, 2.75) is 19.9 Å². The Hall–Kier alpha value is -1.39. The highest BCUT2D eigenvalue weighted by atomic mass is 15.3. The molecule has 4 heteroatoms. The molecule has 0 amide bonds. The fourth-order valence-electron chi connectivity index (χ4n) is 2.06. The fourth-order valence-corrected chi connectivity index (χ4v) is 2.06. The van der Waals surface area contributed by atoms with Crippen molar-refractivity contribution < 1.29 is 0 Å². The highest BCUT2D eigenvalue weighted by Crippen LogP contribution is 2.27. The van der Waals surface area contributed by atoms with Gasteiger partial charge in [0.1, 0.15) is 0 Å². The number of hydrazine groups is 1. The summed E-state index contributed by atoms with van der Waals surface area (Å²) in [6, 6.07) is 8.30. The number of hydrogen-bond acceptors (Lipinski definition) is 3. The minimum Gasteiger partial charge on any atom is -0.271 e. The average Bonchev–Trinajstić information content (AvgIpc) is 2.58. The molecule has 1 aromatic carbocycles. The summed E-state index contributed by atoms with van der Waals surface area (Å²) in [5.41, 5.74) is 5.01. The van der Waals surface area contributed by atoms with E-state index in [1.54, 1.807) is 0 Å². The van der Waals surface area contributed by atoms with Crippen molar-refractivity contribution in [3.05, 3.63) is 30.0 Å². The van der Waals surface area contributed by atoms with Crippen LogP contribution in [-0.4, -0.2) is 9.78 Å². The summed E-state index contributed by atoms with van der Waals surface area (Å²) in [6.07, 6.45) is 0. The Balaban J connectivity index is 2.60. The molecule has 0 aliphatic carbocycles. The van der Waals surface area contributed by atoms with Gasteiger partial charge in [-0.25, -0.2) is 0 Å². The lowest BCUT2D eigenvalue weighted by atomic mass is 9.99. The van der Waals surface area contributed by atoms with Crippen molar-refractivity contribution in [2.24, 2.45) is 18.8 Å². The lowest BCUT2D eigenvalue weighted by molar-refractivity contribution is 0.411. The third-order valence-electron chi connectivity index (χ3n) is 2.93. The number of nitrogens with two attached hydrogens (primary N) is 1. The quantitative estimate of drug-likeness (QED) is 0.609. The van der Waals surface area contributed by atoms with Crippen LogP contribution in [0.3, 0.4) is 0 Å². The zero-order valence-electron chi connectivity index (χ0n) is 9.94. The monoisotopic (exact) mass is 218 g/mol. The smallest absolute Gasteiger partial charge is 0.0888 e. The van der Waals surface area contributed by atoms with Gasteiger partial charge in [-0.15, -0.1) is 0 Å². The van der Waals surface area contributed by atoms with E-state index in [-0.39, 0.29) is 6.04 Å². The van der Waals surface area contributed by atoms with Gasteiger partial charge in [0.05, 0.1) is 17.3 Å². The normalized spacial score (nSPS) is 13.6.